The zero-order valence-electron chi connectivity index (χ0n) is 9.72. The van der Waals surface area contributed by atoms with E-state index in [1.54, 1.807) is 6.07 Å². The van der Waals surface area contributed by atoms with Crippen LogP contribution in [0, 0.1) is 0 Å². The fourth-order valence-electron chi connectivity index (χ4n) is 2.43. The molecule has 1 aromatic rings. The second-order valence-corrected chi connectivity index (χ2v) is 5.56. The summed E-state index contributed by atoms with van der Waals surface area (Å²) in [5.74, 6) is -0.0804. The van der Waals surface area contributed by atoms with Crippen LogP contribution >= 0.6 is 23.2 Å². The molecule has 17 heavy (non-hydrogen) atoms. The molecule has 2 rings (SSSR count). The quantitative estimate of drug-likeness (QED) is 0.903. The van der Waals surface area contributed by atoms with Gasteiger partial charge in [-0.2, -0.15) is 0 Å². The number of benzene rings is 1. The van der Waals surface area contributed by atoms with E-state index in [0.29, 0.717) is 23.2 Å². The Hall–Kier alpha value is -0.440. The standard InChI is InChI=1S/C13H17Cl2NO/c14-10-6-9(13(17)12(15)7-10)8-16-11-4-2-1-3-5-11/h6-7,11,16-17H,1-5,8H2. The Balaban J connectivity index is 1.98. The number of hydrogen-bond donors (Lipinski definition) is 1. The Kier molecular flexibility index (Phi) is 4.55. The lowest BCUT2D eigenvalue weighted by atomic mass is 9.95. The third-order valence-corrected chi connectivity index (χ3v) is 3.91. The summed E-state index contributed by atoms with van der Waals surface area (Å²) in [6.07, 6.45) is 6.47. The van der Waals surface area contributed by atoms with Gasteiger partial charge in [-0.1, -0.05) is 35.4 Å². The maximum absolute atomic E-state index is 11.8. The van der Waals surface area contributed by atoms with E-state index in [9.17, 15) is 5.11 Å². The summed E-state index contributed by atoms with van der Waals surface area (Å²) < 4.78 is 0. The summed E-state index contributed by atoms with van der Waals surface area (Å²) in [6.45, 7) is 0.684. The molecule has 0 atom stereocenters. The minimum absolute atomic E-state index is 0.0804. The molecule has 2 nitrogen and oxygen atoms in total. The van der Waals surface area contributed by atoms with Crippen molar-refractivity contribution >= 4 is 23.2 Å². The first-order chi connectivity index (χ1) is 8.16. The number of rotatable bonds is 3. The Morgan fingerprint density at radius 1 is 1.18 bits per heavy atom. The van der Waals surface area contributed by atoms with Gasteiger partial charge in [-0.15, -0.1) is 0 Å². The smallest absolute Gasteiger partial charge is 0.101 e. The van der Waals surface area contributed by atoms with Gasteiger partial charge in [-0.25, -0.2) is 0 Å². The largest absolute Gasteiger partial charge is 0.871 e. The summed E-state index contributed by atoms with van der Waals surface area (Å²) in [5.41, 5.74) is 0.716. The van der Waals surface area contributed by atoms with Crippen molar-refractivity contribution in [2.24, 2.45) is 0 Å². The third-order valence-electron chi connectivity index (χ3n) is 3.41. The summed E-state index contributed by atoms with van der Waals surface area (Å²) in [7, 11) is 0. The van der Waals surface area contributed by atoms with Crippen molar-refractivity contribution in [3.8, 4) is 5.75 Å². The maximum Gasteiger partial charge on any atom is 0.101 e. The number of halogens is 2. The lowest BCUT2D eigenvalue weighted by Crippen LogP contribution is -2.88. The first-order valence-electron chi connectivity index (χ1n) is 6.15. The molecule has 1 fully saturated rings. The first-order valence-corrected chi connectivity index (χ1v) is 6.90. The predicted octanol–water partition coefficient (Wildman–Crippen LogP) is 2.46. The van der Waals surface area contributed by atoms with Gasteiger partial charge in [-0.3, -0.25) is 0 Å². The molecule has 1 aromatic carbocycles. The van der Waals surface area contributed by atoms with E-state index in [1.165, 1.54) is 38.2 Å². The van der Waals surface area contributed by atoms with E-state index >= 15 is 0 Å². The van der Waals surface area contributed by atoms with Gasteiger partial charge < -0.3 is 10.4 Å². The summed E-state index contributed by atoms with van der Waals surface area (Å²) >= 11 is 11.7. The Bertz CT molecular complexity index is 389. The van der Waals surface area contributed by atoms with Crippen LogP contribution < -0.4 is 10.4 Å². The lowest BCUT2D eigenvalue weighted by Gasteiger charge is -2.22. The summed E-state index contributed by atoms with van der Waals surface area (Å²) in [4.78, 5) is 0. The molecule has 0 aromatic heterocycles. The van der Waals surface area contributed by atoms with Gasteiger partial charge in [0.1, 0.15) is 6.54 Å². The number of hydrogen-bond acceptors (Lipinski definition) is 1. The molecular formula is C13H17Cl2NO. The summed E-state index contributed by atoms with van der Waals surface area (Å²) in [6, 6.07) is 3.89. The molecule has 1 aliphatic rings. The highest BCUT2D eigenvalue weighted by Gasteiger charge is 2.16. The van der Waals surface area contributed by atoms with Crippen LogP contribution in [0.2, 0.25) is 10.0 Å². The van der Waals surface area contributed by atoms with Crippen molar-refractivity contribution < 1.29 is 10.4 Å². The number of quaternary nitrogens is 1. The topological polar surface area (TPSA) is 39.7 Å². The molecule has 0 saturated heterocycles. The van der Waals surface area contributed by atoms with Crippen molar-refractivity contribution in [3.63, 3.8) is 0 Å². The highest BCUT2D eigenvalue weighted by Crippen LogP contribution is 2.28. The summed E-state index contributed by atoms with van der Waals surface area (Å²) in [5, 5.41) is 14.8. The van der Waals surface area contributed by atoms with Crippen LogP contribution in [0.15, 0.2) is 12.1 Å². The zero-order valence-corrected chi connectivity index (χ0v) is 11.2. The Labute approximate surface area is 112 Å². The van der Waals surface area contributed by atoms with Gasteiger partial charge in [0.15, 0.2) is 0 Å². The van der Waals surface area contributed by atoms with Gasteiger partial charge in [0.25, 0.3) is 0 Å². The molecule has 0 unspecified atom stereocenters. The maximum atomic E-state index is 11.8. The minimum Gasteiger partial charge on any atom is -0.871 e. The van der Waals surface area contributed by atoms with E-state index in [1.807, 2.05) is 0 Å². The number of nitrogens with two attached hydrogens (primary N) is 1. The normalized spacial score (nSPS) is 17.3. The predicted molar refractivity (Wildman–Crippen MR) is 68.4 cm³/mol. The molecule has 0 radical (unpaired) electrons. The van der Waals surface area contributed by atoms with Crippen LogP contribution in [0.25, 0.3) is 0 Å². The first kappa shape index (κ1) is 13.0. The van der Waals surface area contributed by atoms with E-state index in [-0.39, 0.29) is 10.8 Å². The van der Waals surface area contributed by atoms with Gasteiger partial charge in [0.05, 0.1) is 6.04 Å². The third kappa shape index (κ3) is 3.51. The minimum atomic E-state index is -0.0804. The van der Waals surface area contributed by atoms with E-state index in [2.05, 4.69) is 5.32 Å². The Morgan fingerprint density at radius 3 is 2.59 bits per heavy atom. The van der Waals surface area contributed by atoms with E-state index in [0.717, 1.165) is 0 Å². The van der Waals surface area contributed by atoms with Crippen LogP contribution in [0.1, 0.15) is 37.7 Å². The molecule has 0 aliphatic heterocycles. The van der Waals surface area contributed by atoms with Crippen molar-refractivity contribution in [1.82, 2.24) is 0 Å². The van der Waals surface area contributed by atoms with Gasteiger partial charge >= 0.3 is 0 Å². The highest BCUT2D eigenvalue weighted by molar-refractivity contribution is 6.35. The fraction of sp³-hybridized carbons (Fsp3) is 0.538. The van der Waals surface area contributed by atoms with Crippen molar-refractivity contribution in [2.45, 2.75) is 44.7 Å². The van der Waals surface area contributed by atoms with E-state index < -0.39 is 0 Å². The molecule has 94 valence electrons. The second kappa shape index (κ2) is 5.94. The van der Waals surface area contributed by atoms with E-state index in [4.69, 9.17) is 23.2 Å². The average Bonchev–Trinajstić information content (AvgIpc) is 2.33. The van der Waals surface area contributed by atoms with Crippen LogP contribution in [-0.2, 0) is 6.54 Å². The van der Waals surface area contributed by atoms with Gasteiger partial charge in [-0.05, 0) is 37.8 Å². The van der Waals surface area contributed by atoms with Crippen molar-refractivity contribution in [2.75, 3.05) is 0 Å². The van der Waals surface area contributed by atoms with Crippen molar-refractivity contribution in [1.29, 1.82) is 0 Å². The molecule has 0 spiro atoms. The Morgan fingerprint density at radius 2 is 1.88 bits per heavy atom. The van der Waals surface area contributed by atoms with Crippen molar-refractivity contribution in [3.05, 3.63) is 27.7 Å². The van der Waals surface area contributed by atoms with Gasteiger partial charge in [0.2, 0.25) is 0 Å². The SMILES string of the molecule is [O-]c1c(Cl)cc(Cl)cc1C[NH2+]C1CCCCC1. The van der Waals surface area contributed by atoms with Crippen LogP contribution in [0.4, 0.5) is 0 Å². The molecule has 4 heteroatoms. The molecular weight excluding hydrogens is 257 g/mol. The highest BCUT2D eigenvalue weighted by atomic mass is 35.5. The molecule has 1 saturated carbocycles. The molecule has 2 N–H and O–H groups in total. The van der Waals surface area contributed by atoms with Crippen LogP contribution in [0.5, 0.6) is 5.75 Å². The molecule has 0 heterocycles. The van der Waals surface area contributed by atoms with Crippen LogP contribution in [0.3, 0.4) is 0 Å². The second-order valence-electron chi connectivity index (χ2n) is 4.71. The van der Waals surface area contributed by atoms with Gasteiger partial charge in [0, 0.05) is 15.6 Å². The lowest BCUT2D eigenvalue weighted by molar-refractivity contribution is -0.707. The average molecular weight is 274 g/mol. The molecule has 1 aliphatic carbocycles. The fourth-order valence-corrected chi connectivity index (χ4v) is 2.96. The monoisotopic (exact) mass is 273 g/mol. The molecule has 0 bridgehead atoms. The molecule has 0 amide bonds. The zero-order chi connectivity index (χ0) is 12.3. The van der Waals surface area contributed by atoms with Crippen LogP contribution in [-0.4, -0.2) is 6.04 Å².